The van der Waals surface area contributed by atoms with Crippen LogP contribution in [0.1, 0.15) is 11.1 Å². The molecule has 0 unspecified atom stereocenters. The Balaban J connectivity index is 2.17. The number of nitriles is 1. The van der Waals surface area contributed by atoms with Crippen molar-refractivity contribution >= 4 is 33.3 Å². The van der Waals surface area contributed by atoms with Gasteiger partial charge in [-0.3, -0.25) is 4.99 Å². The summed E-state index contributed by atoms with van der Waals surface area (Å²) >= 11 is 1.16. The SMILES string of the molecule is N#Cc1ccc2c(c1)C=NC=CN2S(=O)(=O)c1cccs1. The van der Waals surface area contributed by atoms with E-state index in [1.807, 2.05) is 6.07 Å². The van der Waals surface area contributed by atoms with Crippen molar-refractivity contribution in [3.63, 3.8) is 0 Å². The molecular weight excluding hydrogens is 306 g/mol. The molecule has 1 aliphatic heterocycles. The molecule has 2 aromatic rings. The van der Waals surface area contributed by atoms with Gasteiger partial charge in [0.05, 0.1) is 17.3 Å². The highest BCUT2D eigenvalue weighted by Gasteiger charge is 2.26. The number of fused-ring (bicyclic) bond motifs is 1. The summed E-state index contributed by atoms with van der Waals surface area (Å²) in [5, 5.41) is 10.7. The average molecular weight is 315 g/mol. The van der Waals surface area contributed by atoms with Crippen LogP contribution in [0.2, 0.25) is 0 Å². The number of hydrogen-bond acceptors (Lipinski definition) is 5. The number of thiophene rings is 1. The Kier molecular flexibility index (Phi) is 3.33. The van der Waals surface area contributed by atoms with Gasteiger partial charge in [-0.2, -0.15) is 13.7 Å². The lowest BCUT2D eigenvalue weighted by Crippen LogP contribution is -2.25. The molecule has 0 atom stereocenters. The van der Waals surface area contributed by atoms with Gasteiger partial charge in [0.25, 0.3) is 10.0 Å². The molecule has 2 heterocycles. The smallest absolute Gasteiger partial charge is 0.262 e. The van der Waals surface area contributed by atoms with Crippen molar-refractivity contribution in [3.8, 4) is 6.07 Å². The molecule has 5 nitrogen and oxygen atoms in total. The molecule has 3 rings (SSSR count). The highest BCUT2D eigenvalue weighted by Crippen LogP contribution is 2.30. The first kappa shape index (κ1) is 13.5. The normalized spacial score (nSPS) is 13.6. The van der Waals surface area contributed by atoms with Gasteiger partial charge in [0.15, 0.2) is 0 Å². The molecule has 7 heteroatoms. The van der Waals surface area contributed by atoms with Crippen LogP contribution in [-0.2, 0) is 10.0 Å². The van der Waals surface area contributed by atoms with E-state index in [9.17, 15) is 8.42 Å². The van der Waals surface area contributed by atoms with Crippen molar-refractivity contribution in [2.45, 2.75) is 4.21 Å². The fourth-order valence-electron chi connectivity index (χ4n) is 1.95. The minimum absolute atomic E-state index is 0.254. The number of sulfonamides is 1. The maximum Gasteiger partial charge on any atom is 0.277 e. The van der Waals surface area contributed by atoms with E-state index in [0.29, 0.717) is 16.8 Å². The number of hydrogen-bond donors (Lipinski definition) is 0. The summed E-state index contributed by atoms with van der Waals surface area (Å²) in [6.45, 7) is 0. The summed E-state index contributed by atoms with van der Waals surface area (Å²) < 4.78 is 26.8. The van der Waals surface area contributed by atoms with Crippen molar-refractivity contribution < 1.29 is 8.42 Å². The molecule has 0 saturated heterocycles. The molecule has 0 fully saturated rings. The van der Waals surface area contributed by atoms with E-state index < -0.39 is 10.0 Å². The van der Waals surface area contributed by atoms with Crippen LogP contribution in [0.3, 0.4) is 0 Å². The standard InChI is InChI=1S/C14H9N3O2S2/c15-9-11-3-4-13-12(8-11)10-16-5-6-17(13)21(18,19)14-2-1-7-20-14/h1-8,10H. The Bertz CT molecular complexity index is 875. The first-order valence-corrected chi connectivity index (χ1v) is 8.27. The van der Waals surface area contributed by atoms with Crippen molar-refractivity contribution in [2.24, 2.45) is 4.99 Å². The molecule has 21 heavy (non-hydrogen) atoms. The van der Waals surface area contributed by atoms with Crippen LogP contribution in [0.4, 0.5) is 5.69 Å². The van der Waals surface area contributed by atoms with E-state index in [1.165, 1.54) is 22.9 Å². The maximum atomic E-state index is 12.7. The largest absolute Gasteiger partial charge is 0.277 e. The van der Waals surface area contributed by atoms with Crippen molar-refractivity contribution in [2.75, 3.05) is 4.31 Å². The summed E-state index contributed by atoms with van der Waals surface area (Å²) in [5.41, 5.74) is 1.51. The highest BCUT2D eigenvalue weighted by molar-refractivity contribution is 7.94. The van der Waals surface area contributed by atoms with Gasteiger partial charge in [-0.05, 0) is 29.6 Å². The summed E-state index contributed by atoms with van der Waals surface area (Å²) in [5.74, 6) is 0. The van der Waals surface area contributed by atoms with Crippen LogP contribution < -0.4 is 4.31 Å². The molecule has 0 bridgehead atoms. The van der Waals surface area contributed by atoms with E-state index in [0.717, 1.165) is 11.3 Å². The lowest BCUT2D eigenvalue weighted by molar-refractivity contribution is 0.598. The molecule has 0 radical (unpaired) electrons. The third-order valence-corrected chi connectivity index (χ3v) is 5.97. The molecule has 0 aliphatic carbocycles. The molecule has 1 aliphatic rings. The Hall–Kier alpha value is -2.43. The topological polar surface area (TPSA) is 73.5 Å². The fourth-order valence-corrected chi connectivity index (χ4v) is 4.37. The summed E-state index contributed by atoms with van der Waals surface area (Å²) in [4.78, 5) is 4.01. The van der Waals surface area contributed by atoms with Crippen LogP contribution in [0, 0.1) is 11.3 Å². The molecule has 104 valence electrons. The predicted molar refractivity (Wildman–Crippen MR) is 81.9 cm³/mol. The minimum atomic E-state index is -3.67. The van der Waals surface area contributed by atoms with E-state index in [2.05, 4.69) is 4.99 Å². The van der Waals surface area contributed by atoms with Crippen molar-refractivity contribution in [1.82, 2.24) is 0 Å². The van der Waals surface area contributed by atoms with Crippen LogP contribution in [0.5, 0.6) is 0 Å². The van der Waals surface area contributed by atoms with Gasteiger partial charge in [0, 0.05) is 24.2 Å². The summed E-state index contributed by atoms with van der Waals surface area (Å²) in [6, 6.07) is 10.1. The molecule has 0 spiro atoms. The second kappa shape index (κ2) is 5.16. The van der Waals surface area contributed by atoms with Gasteiger partial charge in [0.1, 0.15) is 4.21 Å². The average Bonchev–Trinajstić information content (AvgIpc) is 2.94. The Morgan fingerprint density at radius 2 is 2.14 bits per heavy atom. The summed E-state index contributed by atoms with van der Waals surface area (Å²) in [7, 11) is -3.67. The molecular formula is C14H9N3O2S2. The number of aliphatic imine (C=N–C) groups is 1. The van der Waals surface area contributed by atoms with Crippen molar-refractivity contribution in [1.29, 1.82) is 5.26 Å². The third-order valence-electron chi connectivity index (χ3n) is 2.90. The number of benzene rings is 1. The second-order valence-electron chi connectivity index (χ2n) is 4.19. The lowest BCUT2D eigenvalue weighted by Gasteiger charge is -2.20. The van der Waals surface area contributed by atoms with Gasteiger partial charge >= 0.3 is 0 Å². The van der Waals surface area contributed by atoms with Gasteiger partial charge in [0.2, 0.25) is 0 Å². The van der Waals surface area contributed by atoms with E-state index in [4.69, 9.17) is 5.26 Å². The van der Waals surface area contributed by atoms with Gasteiger partial charge < -0.3 is 0 Å². The molecule has 0 N–H and O–H groups in total. The second-order valence-corrected chi connectivity index (χ2v) is 7.18. The fraction of sp³-hybridized carbons (Fsp3) is 0. The first-order valence-electron chi connectivity index (χ1n) is 5.95. The first-order chi connectivity index (χ1) is 10.1. The zero-order valence-corrected chi connectivity index (χ0v) is 12.3. The predicted octanol–water partition coefficient (Wildman–Crippen LogP) is 2.72. The van der Waals surface area contributed by atoms with Crippen LogP contribution in [0.25, 0.3) is 0 Å². The lowest BCUT2D eigenvalue weighted by atomic mass is 10.1. The van der Waals surface area contributed by atoms with E-state index in [1.54, 1.807) is 35.7 Å². The highest BCUT2D eigenvalue weighted by atomic mass is 32.2. The Morgan fingerprint density at radius 3 is 2.86 bits per heavy atom. The molecule has 1 aromatic carbocycles. The van der Waals surface area contributed by atoms with Gasteiger partial charge in [-0.15, -0.1) is 11.3 Å². The van der Waals surface area contributed by atoms with Crippen LogP contribution >= 0.6 is 11.3 Å². The summed E-state index contributed by atoms with van der Waals surface area (Å²) in [6.07, 6.45) is 4.36. The van der Waals surface area contributed by atoms with E-state index >= 15 is 0 Å². The Labute approximate surface area is 126 Å². The Morgan fingerprint density at radius 1 is 1.29 bits per heavy atom. The maximum absolute atomic E-state index is 12.7. The molecule has 0 amide bonds. The minimum Gasteiger partial charge on any atom is -0.262 e. The van der Waals surface area contributed by atoms with Gasteiger partial charge in [-0.1, -0.05) is 6.07 Å². The number of anilines is 1. The zero-order chi connectivity index (χ0) is 14.9. The third kappa shape index (κ3) is 2.35. The van der Waals surface area contributed by atoms with Crippen LogP contribution in [-0.4, -0.2) is 14.6 Å². The zero-order valence-electron chi connectivity index (χ0n) is 10.7. The van der Waals surface area contributed by atoms with Crippen LogP contribution in [0.15, 0.2) is 57.3 Å². The number of nitrogens with zero attached hydrogens (tertiary/aromatic N) is 3. The molecule has 1 aromatic heterocycles. The number of rotatable bonds is 2. The van der Waals surface area contributed by atoms with Crippen molar-refractivity contribution in [3.05, 3.63) is 59.2 Å². The van der Waals surface area contributed by atoms with Gasteiger partial charge in [-0.25, -0.2) is 4.31 Å². The van der Waals surface area contributed by atoms with E-state index in [-0.39, 0.29) is 4.21 Å². The molecule has 0 saturated carbocycles. The monoisotopic (exact) mass is 315 g/mol. The quantitative estimate of drug-likeness (QED) is 0.855.